The van der Waals surface area contributed by atoms with Crippen molar-refractivity contribution in [1.29, 1.82) is 0 Å². The van der Waals surface area contributed by atoms with Crippen LogP contribution in [0.2, 0.25) is 0 Å². The first-order valence-electron chi connectivity index (χ1n) is 9.84. The fraction of sp³-hybridized carbons (Fsp3) is 0.391. The number of ether oxygens (including phenoxy) is 1. The molecular weight excluding hydrogens is 371 g/mol. The largest absolute Gasteiger partial charge is 0.497 e. The Morgan fingerprint density at radius 1 is 1.17 bits per heavy atom. The zero-order chi connectivity index (χ0) is 21.0. The van der Waals surface area contributed by atoms with E-state index in [4.69, 9.17) is 4.74 Å². The quantitative estimate of drug-likeness (QED) is 0.812. The standard InChI is InChI=1S/C23H27FN2O3/c1-15(2)23(28)26-13-20(17-5-4-6-19(11-17)29-3)21(14-26)22(27)25-12-16-7-9-18(24)10-8-16/h4-11,15,20-21H,12-14H2,1-3H3,(H,25,27). The molecule has 0 bridgehead atoms. The van der Waals surface area contributed by atoms with E-state index in [2.05, 4.69) is 5.32 Å². The van der Waals surface area contributed by atoms with Gasteiger partial charge in [-0.3, -0.25) is 9.59 Å². The van der Waals surface area contributed by atoms with E-state index in [0.717, 1.165) is 16.9 Å². The summed E-state index contributed by atoms with van der Waals surface area (Å²) in [5.74, 6) is -0.236. The summed E-state index contributed by atoms with van der Waals surface area (Å²) < 4.78 is 18.4. The summed E-state index contributed by atoms with van der Waals surface area (Å²) in [6, 6.07) is 13.7. The summed E-state index contributed by atoms with van der Waals surface area (Å²) in [6.45, 7) is 4.93. The molecular formula is C23H27FN2O3. The smallest absolute Gasteiger partial charge is 0.225 e. The maximum absolute atomic E-state index is 13.1. The molecule has 5 nitrogen and oxygen atoms in total. The van der Waals surface area contributed by atoms with Gasteiger partial charge < -0.3 is 15.0 Å². The first kappa shape index (κ1) is 20.8. The minimum absolute atomic E-state index is 0.0479. The van der Waals surface area contributed by atoms with Gasteiger partial charge in [-0.25, -0.2) is 4.39 Å². The lowest BCUT2D eigenvalue weighted by atomic mass is 9.88. The van der Waals surface area contributed by atoms with Crippen LogP contribution >= 0.6 is 0 Å². The molecule has 0 saturated carbocycles. The molecule has 154 valence electrons. The van der Waals surface area contributed by atoms with Crippen molar-refractivity contribution in [3.63, 3.8) is 0 Å². The van der Waals surface area contributed by atoms with Gasteiger partial charge in [0.1, 0.15) is 11.6 Å². The van der Waals surface area contributed by atoms with Gasteiger partial charge >= 0.3 is 0 Å². The highest BCUT2D eigenvalue weighted by Crippen LogP contribution is 2.35. The minimum Gasteiger partial charge on any atom is -0.497 e. The molecule has 6 heteroatoms. The van der Waals surface area contributed by atoms with Gasteiger partial charge in [0.25, 0.3) is 0 Å². The molecule has 1 saturated heterocycles. The zero-order valence-corrected chi connectivity index (χ0v) is 17.0. The van der Waals surface area contributed by atoms with Crippen LogP contribution in [-0.4, -0.2) is 36.9 Å². The van der Waals surface area contributed by atoms with Crippen molar-refractivity contribution >= 4 is 11.8 Å². The number of nitrogens with zero attached hydrogens (tertiary/aromatic N) is 1. The Morgan fingerprint density at radius 3 is 2.55 bits per heavy atom. The predicted octanol–water partition coefficient (Wildman–Crippen LogP) is 3.35. The highest BCUT2D eigenvalue weighted by Gasteiger charge is 2.40. The van der Waals surface area contributed by atoms with Crippen molar-refractivity contribution in [2.45, 2.75) is 26.3 Å². The molecule has 2 unspecified atom stereocenters. The molecule has 3 rings (SSSR count). The molecule has 2 aromatic carbocycles. The fourth-order valence-corrected chi connectivity index (χ4v) is 3.75. The van der Waals surface area contributed by atoms with Gasteiger partial charge in [-0.05, 0) is 35.4 Å². The minimum atomic E-state index is -0.356. The highest BCUT2D eigenvalue weighted by molar-refractivity contribution is 5.84. The molecule has 1 aliphatic heterocycles. The number of rotatable bonds is 6. The summed E-state index contributed by atoms with van der Waals surface area (Å²) in [5.41, 5.74) is 1.80. The lowest BCUT2D eigenvalue weighted by Gasteiger charge is -2.19. The number of hydrogen-bond acceptors (Lipinski definition) is 3. The number of benzene rings is 2. The van der Waals surface area contributed by atoms with Crippen LogP contribution in [0.1, 0.15) is 30.9 Å². The Morgan fingerprint density at radius 2 is 1.90 bits per heavy atom. The summed E-state index contributed by atoms with van der Waals surface area (Å²) in [6.07, 6.45) is 0. The first-order chi connectivity index (χ1) is 13.9. The van der Waals surface area contributed by atoms with Crippen molar-refractivity contribution in [3.05, 3.63) is 65.5 Å². The molecule has 1 fully saturated rings. The normalized spacial score (nSPS) is 18.7. The van der Waals surface area contributed by atoms with E-state index in [-0.39, 0.29) is 35.4 Å². The highest BCUT2D eigenvalue weighted by atomic mass is 19.1. The summed E-state index contributed by atoms with van der Waals surface area (Å²) in [7, 11) is 1.61. The van der Waals surface area contributed by atoms with Crippen molar-refractivity contribution in [2.75, 3.05) is 20.2 Å². The van der Waals surface area contributed by atoms with Crippen molar-refractivity contribution < 1.29 is 18.7 Å². The second-order valence-electron chi connectivity index (χ2n) is 7.73. The Bertz CT molecular complexity index is 867. The monoisotopic (exact) mass is 398 g/mol. The van der Waals surface area contributed by atoms with Crippen LogP contribution in [0.5, 0.6) is 5.75 Å². The van der Waals surface area contributed by atoms with Crippen molar-refractivity contribution in [1.82, 2.24) is 10.2 Å². The zero-order valence-electron chi connectivity index (χ0n) is 17.0. The van der Waals surface area contributed by atoms with E-state index in [1.54, 1.807) is 24.1 Å². The number of carbonyl (C=O) groups excluding carboxylic acids is 2. The van der Waals surface area contributed by atoms with E-state index in [0.29, 0.717) is 19.6 Å². The Balaban J connectivity index is 1.78. The van der Waals surface area contributed by atoms with E-state index in [9.17, 15) is 14.0 Å². The van der Waals surface area contributed by atoms with Crippen molar-refractivity contribution in [2.24, 2.45) is 11.8 Å². The van der Waals surface area contributed by atoms with Gasteiger partial charge in [-0.2, -0.15) is 0 Å². The molecule has 1 N–H and O–H groups in total. The molecule has 2 amide bonds. The molecule has 1 aliphatic rings. The van der Waals surface area contributed by atoms with Gasteiger partial charge in [-0.1, -0.05) is 38.1 Å². The fourth-order valence-electron chi connectivity index (χ4n) is 3.75. The van der Waals surface area contributed by atoms with Crippen LogP contribution in [0.15, 0.2) is 48.5 Å². The average Bonchev–Trinajstić information content (AvgIpc) is 3.18. The second kappa shape index (κ2) is 9.07. The molecule has 0 aromatic heterocycles. The lowest BCUT2D eigenvalue weighted by molar-refractivity contribution is -0.133. The maximum atomic E-state index is 13.1. The van der Waals surface area contributed by atoms with Gasteiger partial charge in [-0.15, -0.1) is 0 Å². The number of carbonyl (C=O) groups is 2. The number of nitrogens with one attached hydrogen (secondary N) is 1. The third-order valence-electron chi connectivity index (χ3n) is 5.36. The third kappa shape index (κ3) is 4.94. The van der Waals surface area contributed by atoms with E-state index in [1.165, 1.54) is 12.1 Å². The third-order valence-corrected chi connectivity index (χ3v) is 5.36. The topological polar surface area (TPSA) is 58.6 Å². The number of likely N-dealkylation sites (tertiary alicyclic amines) is 1. The van der Waals surface area contributed by atoms with Crippen LogP contribution in [0.25, 0.3) is 0 Å². The van der Waals surface area contributed by atoms with Gasteiger partial charge in [0, 0.05) is 31.5 Å². The summed E-state index contributed by atoms with van der Waals surface area (Å²) >= 11 is 0. The number of halogens is 1. The average molecular weight is 398 g/mol. The molecule has 0 spiro atoms. The maximum Gasteiger partial charge on any atom is 0.225 e. The van der Waals surface area contributed by atoms with Crippen LogP contribution in [0, 0.1) is 17.7 Å². The number of methoxy groups -OCH3 is 1. The number of hydrogen-bond donors (Lipinski definition) is 1. The first-order valence-corrected chi connectivity index (χ1v) is 9.84. The van der Waals surface area contributed by atoms with Gasteiger partial charge in [0.05, 0.1) is 13.0 Å². The Kier molecular flexibility index (Phi) is 6.52. The van der Waals surface area contributed by atoms with Crippen molar-refractivity contribution in [3.8, 4) is 5.75 Å². The van der Waals surface area contributed by atoms with Gasteiger partial charge in [0.2, 0.25) is 11.8 Å². The Hall–Kier alpha value is -2.89. The molecule has 0 radical (unpaired) electrons. The molecule has 0 aliphatic carbocycles. The second-order valence-corrected chi connectivity index (χ2v) is 7.73. The summed E-state index contributed by atoms with van der Waals surface area (Å²) in [5, 5.41) is 2.95. The van der Waals surface area contributed by atoms with Crippen LogP contribution < -0.4 is 10.1 Å². The molecule has 2 atom stereocenters. The van der Waals surface area contributed by atoms with E-state index < -0.39 is 0 Å². The van der Waals surface area contributed by atoms with E-state index >= 15 is 0 Å². The lowest BCUT2D eigenvalue weighted by Crippen LogP contribution is -2.36. The molecule has 2 aromatic rings. The molecule has 29 heavy (non-hydrogen) atoms. The molecule has 1 heterocycles. The van der Waals surface area contributed by atoms with Crippen LogP contribution in [0.4, 0.5) is 4.39 Å². The van der Waals surface area contributed by atoms with Crippen LogP contribution in [-0.2, 0) is 16.1 Å². The predicted molar refractivity (Wildman–Crippen MR) is 109 cm³/mol. The number of amides is 2. The summed E-state index contributed by atoms with van der Waals surface area (Å²) in [4.78, 5) is 27.3. The van der Waals surface area contributed by atoms with Crippen LogP contribution in [0.3, 0.4) is 0 Å². The Labute approximate surface area is 170 Å². The van der Waals surface area contributed by atoms with E-state index in [1.807, 2.05) is 38.1 Å². The SMILES string of the molecule is COc1cccc(C2CN(C(=O)C(C)C)CC2C(=O)NCc2ccc(F)cc2)c1. The van der Waals surface area contributed by atoms with Gasteiger partial charge in [0.15, 0.2) is 0 Å².